The van der Waals surface area contributed by atoms with Crippen molar-refractivity contribution in [3.8, 4) is 5.75 Å². The molecular weight excluding hydrogens is 268 g/mol. The lowest BCUT2D eigenvalue weighted by atomic mass is 10.2. The molecule has 0 fully saturated rings. The lowest BCUT2D eigenvalue weighted by Crippen LogP contribution is -2.38. The molecule has 0 saturated heterocycles. The molecule has 0 aliphatic carbocycles. The highest BCUT2D eigenvalue weighted by molar-refractivity contribution is 5.94. The van der Waals surface area contributed by atoms with Gasteiger partial charge >= 0.3 is 6.03 Å². The highest BCUT2D eigenvalue weighted by Gasteiger charge is 2.13. The lowest BCUT2D eigenvalue weighted by Gasteiger charge is -2.10. The van der Waals surface area contributed by atoms with Crippen molar-refractivity contribution in [2.45, 2.75) is 6.54 Å². The van der Waals surface area contributed by atoms with Crippen molar-refractivity contribution in [2.24, 2.45) is 5.73 Å². The van der Waals surface area contributed by atoms with E-state index in [2.05, 4.69) is 5.32 Å². The summed E-state index contributed by atoms with van der Waals surface area (Å²) in [5.41, 5.74) is 5.22. The molecule has 0 aromatic heterocycles. The smallest absolute Gasteiger partial charge is 0.318 e. The molecule has 1 aromatic carbocycles. The number of primary amides is 1. The second-order valence-corrected chi connectivity index (χ2v) is 3.78. The average Bonchev–Trinajstić information content (AvgIpc) is 2.36. The molecule has 0 radical (unpaired) electrons. The number of urea groups is 1. The number of amides is 3. The number of nitro groups is 1. The minimum Gasteiger partial charge on any atom is -0.483 e. The number of imide groups is 1. The van der Waals surface area contributed by atoms with Crippen LogP contribution >= 0.6 is 0 Å². The monoisotopic (exact) mass is 282 g/mol. The van der Waals surface area contributed by atoms with Crippen LogP contribution in [0.4, 0.5) is 10.5 Å². The van der Waals surface area contributed by atoms with Gasteiger partial charge in [0.05, 0.1) is 4.92 Å². The van der Waals surface area contributed by atoms with Crippen LogP contribution in [0.25, 0.3) is 0 Å². The number of carbonyl (C=O) groups excluding carboxylic acids is 2. The molecule has 0 spiro atoms. The molecule has 20 heavy (non-hydrogen) atoms. The molecule has 0 aliphatic rings. The van der Waals surface area contributed by atoms with Gasteiger partial charge in [-0.3, -0.25) is 20.2 Å². The first-order valence-electron chi connectivity index (χ1n) is 5.58. The Morgan fingerprint density at radius 1 is 1.45 bits per heavy atom. The zero-order valence-corrected chi connectivity index (χ0v) is 10.7. The van der Waals surface area contributed by atoms with E-state index in [1.54, 1.807) is 7.05 Å². The van der Waals surface area contributed by atoms with E-state index in [1.807, 2.05) is 5.32 Å². The Labute approximate surface area is 114 Å². The van der Waals surface area contributed by atoms with Gasteiger partial charge in [0.2, 0.25) is 0 Å². The topological polar surface area (TPSA) is 137 Å². The van der Waals surface area contributed by atoms with E-state index in [1.165, 1.54) is 18.2 Å². The Hall–Kier alpha value is -2.68. The van der Waals surface area contributed by atoms with Crippen LogP contribution in [0.3, 0.4) is 0 Å². The number of non-ortho nitro benzene ring substituents is 1. The largest absolute Gasteiger partial charge is 0.483 e. The van der Waals surface area contributed by atoms with Crippen molar-refractivity contribution in [1.29, 1.82) is 0 Å². The van der Waals surface area contributed by atoms with E-state index < -0.39 is 23.5 Å². The predicted octanol–water partition coefficient (Wildman–Crippen LogP) is -0.112. The van der Waals surface area contributed by atoms with Gasteiger partial charge in [0.25, 0.3) is 11.6 Å². The fourth-order valence-electron chi connectivity index (χ4n) is 1.47. The summed E-state index contributed by atoms with van der Waals surface area (Å²) in [6, 6.07) is 3.03. The summed E-state index contributed by atoms with van der Waals surface area (Å²) >= 11 is 0. The van der Waals surface area contributed by atoms with Crippen LogP contribution in [0.2, 0.25) is 0 Å². The van der Waals surface area contributed by atoms with Gasteiger partial charge in [0.1, 0.15) is 5.75 Å². The van der Waals surface area contributed by atoms with Crippen molar-refractivity contribution in [2.75, 3.05) is 13.7 Å². The molecule has 9 nitrogen and oxygen atoms in total. The van der Waals surface area contributed by atoms with E-state index in [0.717, 1.165) is 0 Å². The highest BCUT2D eigenvalue weighted by atomic mass is 16.6. The van der Waals surface area contributed by atoms with Gasteiger partial charge in [-0.1, -0.05) is 0 Å². The number of nitrogens with one attached hydrogen (secondary N) is 2. The maximum atomic E-state index is 11.2. The summed E-state index contributed by atoms with van der Waals surface area (Å²) in [6.07, 6.45) is 0. The first-order valence-corrected chi connectivity index (χ1v) is 5.58. The van der Waals surface area contributed by atoms with Crippen molar-refractivity contribution >= 4 is 17.6 Å². The Bertz CT molecular complexity index is 532. The van der Waals surface area contributed by atoms with Gasteiger partial charge in [0.15, 0.2) is 6.61 Å². The SMILES string of the molecule is CNCc1cc([N+](=O)[O-])ccc1OCC(=O)NC(N)=O. The van der Waals surface area contributed by atoms with E-state index in [-0.39, 0.29) is 5.69 Å². The zero-order chi connectivity index (χ0) is 15.1. The van der Waals surface area contributed by atoms with Crippen molar-refractivity contribution < 1.29 is 19.2 Å². The predicted molar refractivity (Wildman–Crippen MR) is 69.1 cm³/mol. The van der Waals surface area contributed by atoms with Gasteiger partial charge < -0.3 is 15.8 Å². The minimum absolute atomic E-state index is 0.0795. The van der Waals surface area contributed by atoms with Gasteiger partial charge in [0, 0.05) is 24.2 Å². The van der Waals surface area contributed by atoms with Crippen molar-refractivity contribution in [3.05, 3.63) is 33.9 Å². The van der Waals surface area contributed by atoms with Crippen LogP contribution in [0.5, 0.6) is 5.75 Å². The number of nitrogens with zero attached hydrogens (tertiary/aromatic N) is 1. The van der Waals surface area contributed by atoms with E-state index in [0.29, 0.717) is 17.9 Å². The molecule has 0 saturated carbocycles. The van der Waals surface area contributed by atoms with Gasteiger partial charge in [-0.15, -0.1) is 0 Å². The highest BCUT2D eigenvalue weighted by Crippen LogP contribution is 2.24. The first-order chi connectivity index (χ1) is 9.43. The summed E-state index contributed by atoms with van der Waals surface area (Å²) in [4.78, 5) is 31.8. The number of hydrogen-bond donors (Lipinski definition) is 3. The van der Waals surface area contributed by atoms with Crippen LogP contribution in [0, 0.1) is 10.1 Å². The number of hydrogen-bond acceptors (Lipinski definition) is 6. The van der Waals surface area contributed by atoms with Crippen LogP contribution in [-0.4, -0.2) is 30.5 Å². The molecule has 1 aromatic rings. The van der Waals surface area contributed by atoms with Crippen molar-refractivity contribution in [3.63, 3.8) is 0 Å². The normalized spacial score (nSPS) is 9.85. The molecule has 0 heterocycles. The van der Waals surface area contributed by atoms with Crippen LogP contribution in [-0.2, 0) is 11.3 Å². The molecule has 3 amide bonds. The fourth-order valence-corrected chi connectivity index (χ4v) is 1.47. The number of benzene rings is 1. The summed E-state index contributed by atoms with van der Waals surface area (Å²) in [5, 5.41) is 15.4. The van der Waals surface area contributed by atoms with Crippen LogP contribution < -0.4 is 21.1 Å². The van der Waals surface area contributed by atoms with E-state index in [9.17, 15) is 19.7 Å². The van der Waals surface area contributed by atoms with Gasteiger partial charge in [-0.25, -0.2) is 4.79 Å². The Morgan fingerprint density at radius 3 is 2.70 bits per heavy atom. The summed E-state index contributed by atoms with van der Waals surface area (Å²) in [6.45, 7) is -0.0914. The molecular formula is C11H14N4O5. The number of rotatable bonds is 6. The lowest BCUT2D eigenvalue weighted by molar-refractivity contribution is -0.384. The molecule has 1 rings (SSSR count). The summed E-state index contributed by atoms with van der Waals surface area (Å²) in [7, 11) is 1.67. The van der Waals surface area contributed by atoms with Crippen LogP contribution in [0.15, 0.2) is 18.2 Å². The number of nitrogens with two attached hydrogens (primary N) is 1. The number of nitro benzene ring substituents is 1. The quantitative estimate of drug-likeness (QED) is 0.491. The first kappa shape index (κ1) is 15.4. The maximum Gasteiger partial charge on any atom is 0.318 e. The number of ether oxygens (including phenoxy) is 1. The van der Waals surface area contributed by atoms with E-state index >= 15 is 0 Å². The third-order valence-electron chi connectivity index (χ3n) is 2.24. The van der Waals surface area contributed by atoms with Crippen LogP contribution in [0.1, 0.15) is 5.56 Å². The average molecular weight is 282 g/mol. The Balaban J connectivity index is 2.80. The molecule has 0 bridgehead atoms. The molecule has 0 atom stereocenters. The second-order valence-electron chi connectivity index (χ2n) is 3.78. The third-order valence-corrected chi connectivity index (χ3v) is 2.24. The third kappa shape index (κ3) is 4.53. The standard InChI is InChI=1S/C11H14N4O5/c1-13-5-7-4-8(15(18)19)2-3-9(7)20-6-10(16)14-11(12)17/h2-4,13H,5-6H2,1H3,(H3,12,14,16,17). The van der Waals surface area contributed by atoms with E-state index in [4.69, 9.17) is 10.5 Å². The van der Waals surface area contributed by atoms with Gasteiger partial charge in [-0.2, -0.15) is 0 Å². The fraction of sp³-hybridized carbons (Fsp3) is 0.273. The second kappa shape index (κ2) is 7.04. The molecule has 9 heteroatoms. The Kier molecular flexibility index (Phi) is 5.42. The zero-order valence-electron chi connectivity index (χ0n) is 10.7. The number of carbonyl (C=O) groups is 2. The maximum absolute atomic E-state index is 11.2. The molecule has 108 valence electrons. The van der Waals surface area contributed by atoms with Gasteiger partial charge in [-0.05, 0) is 13.1 Å². The Morgan fingerprint density at radius 2 is 2.15 bits per heavy atom. The molecule has 0 aliphatic heterocycles. The summed E-state index contributed by atoms with van der Waals surface area (Å²) < 4.78 is 5.20. The van der Waals surface area contributed by atoms with Crippen molar-refractivity contribution in [1.82, 2.24) is 10.6 Å². The molecule has 0 unspecified atom stereocenters. The summed E-state index contributed by atoms with van der Waals surface area (Å²) in [5.74, 6) is -0.393. The minimum atomic E-state index is -0.974. The molecule has 4 N–H and O–H groups in total.